The second-order valence-electron chi connectivity index (χ2n) is 5.67. The number of carboxylic acids is 1. The predicted molar refractivity (Wildman–Crippen MR) is 70.9 cm³/mol. The lowest BCUT2D eigenvalue weighted by molar-refractivity contribution is -0.148. The minimum absolute atomic E-state index is 0.0819. The molecule has 0 aromatic heterocycles. The molecule has 110 valence electrons. The zero-order valence-electron chi connectivity index (χ0n) is 12.0. The van der Waals surface area contributed by atoms with Gasteiger partial charge in [0.05, 0.1) is 19.3 Å². The standard InChI is InChI=1S/C13H24N2O4/c1-5-9(8(2)3)14-12(18)15-10-6-19-7-13(10,4)11(16)17/h8-10H,5-7H2,1-4H3,(H,16,17)(H2,14,15,18). The normalized spacial score (nSPS) is 28.2. The Morgan fingerprint density at radius 1 is 1.47 bits per heavy atom. The fraction of sp³-hybridized carbons (Fsp3) is 0.846. The number of ether oxygens (including phenoxy) is 1. The van der Waals surface area contributed by atoms with E-state index in [0.717, 1.165) is 6.42 Å². The van der Waals surface area contributed by atoms with Crippen molar-refractivity contribution in [2.75, 3.05) is 13.2 Å². The Bertz CT molecular complexity index is 346. The number of rotatable bonds is 5. The van der Waals surface area contributed by atoms with Gasteiger partial charge in [0.25, 0.3) is 0 Å². The minimum Gasteiger partial charge on any atom is -0.481 e. The Hall–Kier alpha value is -1.30. The van der Waals surface area contributed by atoms with Crippen molar-refractivity contribution in [1.29, 1.82) is 0 Å². The zero-order valence-corrected chi connectivity index (χ0v) is 12.0. The summed E-state index contributed by atoms with van der Waals surface area (Å²) >= 11 is 0. The molecule has 0 aromatic carbocycles. The summed E-state index contributed by atoms with van der Waals surface area (Å²) in [6.45, 7) is 8.02. The lowest BCUT2D eigenvalue weighted by Gasteiger charge is -2.27. The Labute approximate surface area is 113 Å². The topological polar surface area (TPSA) is 87.7 Å². The SMILES string of the molecule is CCC(NC(=O)NC1COCC1(C)C(=O)O)C(C)C. The Morgan fingerprint density at radius 3 is 2.58 bits per heavy atom. The minimum atomic E-state index is -1.06. The van der Waals surface area contributed by atoms with Crippen molar-refractivity contribution in [3.63, 3.8) is 0 Å². The largest absolute Gasteiger partial charge is 0.481 e. The van der Waals surface area contributed by atoms with Crippen LogP contribution in [-0.2, 0) is 9.53 Å². The molecule has 1 aliphatic rings. The molecule has 1 rings (SSSR count). The van der Waals surface area contributed by atoms with Gasteiger partial charge in [-0.05, 0) is 19.3 Å². The highest BCUT2D eigenvalue weighted by molar-refractivity contribution is 5.79. The maximum absolute atomic E-state index is 11.9. The summed E-state index contributed by atoms with van der Waals surface area (Å²) in [6, 6.07) is -0.753. The second-order valence-corrected chi connectivity index (χ2v) is 5.67. The molecule has 0 spiro atoms. The number of carbonyl (C=O) groups excluding carboxylic acids is 1. The highest BCUT2D eigenvalue weighted by Gasteiger charge is 2.47. The number of carbonyl (C=O) groups is 2. The van der Waals surface area contributed by atoms with Gasteiger partial charge in [-0.3, -0.25) is 4.79 Å². The Balaban J connectivity index is 2.59. The molecule has 0 aromatic rings. The van der Waals surface area contributed by atoms with Crippen LogP contribution in [0.1, 0.15) is 34.1 Å². The molecule has 0 radical (unpaired) electrons. The smallest absolute Gasteiger partial charge is 0.315 e. The van der Waals surface area contributed by atoms with Crippen molar-refractivity contribution in [2.45, 2.75) is 46.2 Å². The van der Waals surface area contributed by atoms with Crippen molar-refractivity contribution >= 4 is 12.0 Å². The number of hydrogen-bond donors (Lipinski definition) is 3. The van der Waals surface area contributed by atoms with Crippen LogP contribution < -0.4 is 10.6 Å². The number of carboxylic acid groups (broad SMARTS) is 1. The quantitative estimate of drug-likeness (QED) is 0.702. The summed E-state index contributed by atoms with van der Waals surface area (Å²) in [5.41, 5.74) is -1.06. The molecule has 0 saturated carbocycles. The van der Waals surface area contributed by atoms with E-state index < -0.39 is 17.4 Å². The summed E-state index contributed by atoms with van der Waals surface area (Å²) < 4.78 is 5.19. The van der Waals surface area contributed by atoms with E-state index >= 15 is 0 Å². The van der Waals surface area contributed by atoms with Gasteiger partial charge in [0, 0.05) is 6.04 Å². The van der Waals surface area contributed by atoms with Crippen molar-refractivity contribution in [3.8, 4) is 0 Å². The maximum Gasteiger partial charge on any atom is 0.315 e. The molecule has 1 fully saturated rings. The van der Waals surface area contributed by atoms with E-state index in [-0.39, 0.29) is 25.3 Å². The lowest BCUT2D eigenvalue weighted by atomic mass is 9.85. The Morgan fingerprint density at radius 2 is 2.11 bits per heavy atom. The third kappa shape index (κ3) is 3.59. The van der Waals surface area contributed by atoms with E-state index in [2.05, 4.69) is 10.6 Å². The van der Waals surface area contributed by atoms with Crippen molar-refractivity contribution < 1.29 is 19.4 Å². The van der Waals surface area contributed by atoms with Crippen molar-refractivity contribution in [3.05, 3.63) is 0 Å². The summed E-state index contributed by atoms with van der Waals surface area (Å²) in [5, 5.41) is 14.8. The molecule has 0 bridgehead atoms. The van der Waals surface area contributed by atoms with Gasteiger partial charge in [0.15, 0.2) is 0 Å². The van der Waals surface area contributed by atoms with Crippen LogP contribution in [0.2, 0.25) is 0 Å². The van der Waals surface area contributed by atoms with Gasteiger partial charge in [-0.15, -0.1) is 0 Å². The molecule has 0 aliphatic carbocycles. The zero-order chi connectivity index (χ0) is 14.6. The van der Waals surface area contributed by atoms with Gasteiger partial charge >= 0.3 is 12.0 Å². The van der Waals surface area contributed by atoms with Crippen molar-refractivity contribution in [1.82, 2.24) is 10.6 Å². The highest BCUT2D eigenvalue weighted by atomic mass is 16.5. The Kier molecular flexibility index (Phi) is 5.17. The van der Waals surface area contributed by atoms with Crippen LogP contribution in [0.4, 0.5) is 4.79 Å². The van der Waals surface area contributed by atoms with Crippen LogP contribution in [0.25, 0.3) is 0 Å². The fourth-order valence-corrected chi connectivity index (χ4v) is 2.19. The first-order chi connectivity index (χ1) is 8.81. The number of nitrogens with one attached hydrogen (secondary N) is 2. The molecule has 2 amide bonds. The van der Waals surface area contributed by atoms with Gasteiger partial charge in [-0.1, -0.05) is 20.8 Å². The fourth-order valence-electron chi connectivity index (χ4n) is 2.19. The van der Waals surface area contributed by atoms with Crippen LogP contribution in [0.5, 0.6) is 0 Å². The van der Waals surface area contributed by atoms with Crippen LogP contribution in [0, 0.1) is 11.3 Å². The van der Waals surface area contributed by atoms with Crippen molar-refractivity contribution in [2.24, 2.45) is 11.3 Å². The number of amides is 2. The molecule has 1 saturated heterocycles. The van der Waals surface area contributed by atoms with Gasteiger partial charge in [0.2, 0.25) is 0 Å². The molecular formula is C13H24N2O4. The van der Waals surface area contributed by atoms with Gasteiger partial charge in [0.1, 0.15) is 5.41 Å². The van der Waals surface area contributed by atoms with Crippen LogP contribution in [0.15, 0.2) is 0 Å². The summed E-state index contributed by atoms with van der Waals surface area (Å²) in [7, 11) is 0. The summed E-state index contributed by atoms with van der Waals surface area (Å²) in [4.78, 5) is 23.2. The van der Waals surface area contributed by atoms with Gasteiger partial charge in [-0.2, -0.15) is 0 Å². The van der Waals surface area contributed by atoms with Crippen LogP contribution >= 0.6 is 0 Å². The van der Waals surface area contributed by atoms with E-state index in [0.29, 0.717) is 5.92 Å². The van der Waals surface area contributed by atoms with E-state index in [1.165, 1.54) is 0 Å². The van der Waals surface area contributed by atoms with Gasteiger partial charge in [-0.25, -0.2) is 4.79 Å². The number of aliphatic carboxylic acids is 1. The van der Waals surface area contributed by atoms with Gasteiger partial charge < -0.3 is 20.5 Å². The first-order valence-corrected chi connectivity index (χ1v) is 6.69. The first kappa shape index (κ1) is 15.8. The molecule has 6 nitrogen and oxygen atoms in total. The number of urea groups is 1. The summed E-state index contributed by atoms with van der Waals surface area (Å²) in [6.07, 6.45) is 0.836. The predicted octanol–water partition coefficient (Wildman–Crippen LogP) is 1.21. The van der Waals surface area contributed by atoms with Crippen LogP contribution in [-0.4, -0.2) is 42.4 Å². The molecule has 6 heteroatoms. The summed E-state index contributed by atoms with van der Waals surface area (Å²) in [5.74, 6) is -0.618. The third-order valence-corrected chi connectivity index (χ3v) is 3.81. The second kappa shape index (κ2) is 6.23. The highest BCUT2D eigenvalue weighted by Crippen LogP contribution is 2.28. The first-order valence-electron chi connectivity index (χ1n) is 6.69. The average molecular weight is 272 g/mol. The monoisotopic (exact) mass is 272 g/mol. The number of hydrogen-bond acceptors (Lipinski definition) is 3. The third-order valence-electron chi connectivity index (χ3n) is 3.81. The molecule has 3 atom stereocenters. The molecule has 3 unspecified atom stereocenters. The average Bonchev–Trinajstić information content (AvgIpc) is 2.69. The molecule has 1 heterocycles. The molecule has 1 aliphatic heterocycles. The molecule has 19 heavy (non-hydrogen) atoms. The van der Waals surface area contributed by atoms with E-state index in [9.17, 15) is 14.7 Å². The van der Waals surface area contributed by atoms with E-state index in [1.54, 1.807) is 6.92 Å². The maximum atomic E-state index is 11.9. The molecule has 3 N–H and O–H groups in total. The lowest BCUT2D eigenvalue weighted by Crippen LogP contribution is -2.54. The molecular weight excluding hydrogens is 248 g/mol. The van der Waals surface area contributed by atoms with E-state index in [4.69, 9.17) is 4.74 Å². The van der Waals surface area contributed by atoms with E-state index in [1.807, 2.05) is 20.8 Å². The van der Waals surface area contributed by atoms with Crippen LogP contribution in [0.3, 0.4) is 0 Å².